The van der Waals surface area contributed by atoms with Crippen molar-refractivity contribution in [2.75, 3.05) is 6.61 Å². The van der Waals surface area contributed by atoms with Crippen LogP contribution in [0.4, 0.5) is 0 Å². The summed E-state index contributed by atoms with van der Waals surface area (Å²) in [4.78, 5) is 15.9. The van der Waals surface area contributed by atoms with Gasteiger partial charge in [0.05, 0.1) is 5.03 Å². The molecule has 0 aliphatic carbocycles. The highest BCUT2D eigenvalue weighted by Crippen LogP contribution is 2.43. The lowest BCUT2D eigenvalue weighted by Gasteiger charge is -2.23. The average Bonchev–Trinajstić information content (AvgIpc) is 2.92. The van der Waals surface area contributed by atoms with Crippen LogP contribution < -0.4 is 0 Å². The van der Waals surface area contributed by atoms with Crippen molar-refractivity contribution in [3.8, 4) is 0 Å². The Balaban J connectivity index is 1.89. The molecule has 1 aliphatic heterocycles. The van der Waals surface area contributed by atoms with Gasteiger partial charge in [-0.2, -0.15) is 0 Å². The fourth-order valence-corrected chi connectivity index (χ4v) is 3.95. The molecule has 0 spiro atoms. The summed E-state index contributed by atoms with van der Waals surface area (Å²) in [6, 6.07) is 19.5. The molecule has 128 valence electrons. The lowest BCUT2D eigenvalue weighted by Crippen LogP contribution is -2.19. The fraction of sp³-hybridized carbons (Fsp3) is 0.190. The molecule has 0 saturated heterocycles. The van der Waals surface area contributed by atoms with Crippen molar-refractivity contribution < 1.29 is 9.90 Å². The second-order valence-electron chi connectivity index (χ2n) is 5.86. The minimum absolute atomic E-state index is 0.000731. The van der Waals surface area contributed by atoms with Gasteiger partial charge in [-0.05, 0) is 12.5 Å². The lowest BCUT2D eigenvalue weighted by atomic mass is 10.1. The van der Waals surface area contributed by atoms with Crippen molar-refractivity contribution >= 4 is 17.5 Å². The van der Waals surface area contributed by atoms with Gasteiger partial charge in [-0.1, -0.05) is 72.4 Å². The molecule has 0 radical (unpaired) electrons. The Morgan fingerprint density at radius 2 is 1.72 bits per heavy atom. The number of rotatable bonds is 6. The van der Waals surface area contributed by atoms with Crippen LogP contribution in [0.25, 0.3) is 0 Å². The zero-order valence-corrected chi connectivity index (χ0v) is 15.0. The Bertz CT molecular complexity index is 797. The van der Waals surface area contributed by atoms with Gasteiger partial charge in [0.15, 0.2) is 5.78 Å². The summed E-state index contributed by atoms with van der Waals surface area (Å²) in [5, 5.41) is 10.3. The van der Waals surface area contributed by atoms with E-state index in [9.17, 15) is 9.90 Å². The third-order valence-corrected chi connectivity index (χ3v) is 5.19. The predicted molar refractivity (Wildman–Crippen MR) is 103 cm³/mol. The van der Waals surface area contributed by atoms with E-state index < -0.39 is 0 Å². The van der Waals surface area contributed by atoms with Crippen LogP contribution in [0.3, 0.4) is 0 Å². The van der Waals surface area contributed by atoms with Crippen molar-refractivity contribution in [2.45, 2.75) is 19.9 Å². The number of allylic oxidation sites excluding steroid dienone is 2. The molecule has 0 saturated carbocycles. The molecule has 0 aromatic heterocycles. The Hall–Kier alpha value is -2.30. The Morgan fingerprint density at radius 1 is 1.08 bits per heavy atom. The van der Waals surface area contributed by atoms with Crippen molar-refractivity contribution in [1.82, 2.24) is 4.90 Å². The molecule has 2 aromatic carbocycles. The molecule has 1 heterocycles. The minimum Gasteiger partial charge on any atom is -0.396 e. The molecule has 3 nitrogen and oxygen atoms in total. The van der Waals surface area contributed by atoms with Crippen LogP contribution in [0.5, 0.6) is 0 Å². The van der Waals surface area contributed by atoms with Gasteiger partial charge in [0.25, 0.3) is 0 Å². The van der Waals surface area contributed by atoms with Crippen molar-refractivity contribution in [3.05, 3.63) is 93.5 Å². The molecule has 0 fully saturated rings. The van der Waals surface area contributed by atoms with Crippen molar-refractivity contribution in [3.63, 3.8) is 0 Å². The highest BCUT2D eigenvalue weighted by atomic mass is 32.2. The van der Waals surface area contributed by atoms with Crippen LogP contribution in [0.1, 0.15) is 29.3 Å². The van der Waals surface area contributed by atoms with E-state index in [-0.39, 0.29) is 12.4 Å². The third kappa shape index (κ3) is 4.21. The van der Waals surface area contributed by atoms with E-state index >= 15 is 0 Å². The summed E-state index contributed by atoms with van der Waals surface area (Å²) in [5.41, 5.74) is 2.94. The van der Waals surface area contributed by atoms with E-state index in [4.69, 9.17) is 0 Å². The van der Waals surface area contributed by atoms with Crippen LogP contribution in [0.15, 0.2) is 82.4 Å². The van der Waals surface area contributed by atoms with Gasteiger partial charge < -0.3 is 10.0 Å². The number of benzene rings is 2. The van der Waals surface area contributed by atoms with Crippen molar-refractivity contribution in [2.24, 2.45) is 0 Å². The van der Waals surface area contributed by atoms with Gasteiger partial charge in [0.2, 0.25) is 0 Å². The smallest absolute Gasteiger partial charge is 0.188 e. The first kappa shape index (κ1) is 17.5. The number of thioether (sulfide) groups is 1. The number of ketones is 1. The average molecular weight is 351 g/mol. The molecule has 25 heavy (non-hydrogen) atoms. The van der Waals surface area contributed by atoms with Gasteiger partial charge in [0.1, 0.15) is 0 Å². The SMILES string of the molecule is CC1=C(CCO)N(Cc2ccccc2)/C(=C\C(=O)c2ccccc2)S1. The molecular formula is C21H21NO2S. The largest absolute Gasteiger partial charge is 0.396 e. The molecular weight excluding hydrogens is 330 g/mol. The predicted octanol–water partition coefficient (Wildman–Crippen LogP) is 4.57. The first-order chi connectivity index (χ1) is 12.2. The Morgan fingerprint density at radius 3 is 2.36 bits per heavy atom. The summed E-state index contributed by atoms with van der Waals surface area (Å²) < 4.78 is 0. The van der Waals surface area contributed by atoms with E-state index in [1.54, 1.807) is 17.8 Å². The molecule has 0 unspecified atom stereocenters. The number of nitrogens with zero attached hydrogens (tertiary/aromatic N) is 1. The van der Waals surface area contributed by atoms with Gasteiger partial charge in [-0.3, -0.25) is 4.79 Å². The monoisotopic (exact) mass is 351 g/mol. The van der Waals surface area contributed by atoms with E-state index in [1.165, 1.54) is 5.56 Å². The van der Waals surface area contributed by atoms with Crippen LogP contribution in [0.2, 0.25) is 0 Å². The number of aliphatic hydroxyl groups excluding tert-OH is 1. The minimum atomic E-state index is -0.000731. The van der Waals surface area contributed by atoms with E-state index in [1.807, 2.05) is 55.5 Å². The highest BCUT2D eigenvalue weighted by molar-refractivity contribution is 8.06. The Kier molecular flexibility index (Phi) is 5.74. The second kappa shape index (κ2) is 8.19. The zero-order chi connectivity index (χ0) is 17.6. The Labute approximate surface area is 152 Å². The highest BCUT2D eigenvalue weighted by Gasteiger charge is 2.26. The topological polar surface area (TPSA) is 40.5 Å². The maximum Gasteiger partial charge on any atom is 0.188 e. The third-order valence-electron chi connectivity index (χ3n) is 4.10. The first-order valence-corrected chi connectivity index (χ1v) is 9.11. The quantitative estimate of drug-likeness (QED) is 0.611. The van der Waals surface area contributed by atoms with E-state index in [2.05, 4.69) is 17.0 Å². The van der Waals surface area contributed by atoms with Crippen LogP contribution in [-0.2, 0) is 6.54 Å². The molecule has 3 rings (SSSR count). The summed E-state index contributed by atoms with van der Waals surface area (Å²) in [5.74, 6) is -0.000731. The number of hydrogen-bond acceptors (Lipinski definition) is 4. The summed E-state index contributed by atoms with van der Waals surface area (Å²) in [6.07, 6.45) is 2.29. The molecule has 0 bridgehead atoms. The molecule has 4 heteroatoms. The van der Waals surface area contributed by atoms with Gasteiger partial charge in [-0.15, -0.1) is 0 Å². The maximum absolute atomic E-state index is 12.6. The number of carbonyl (C=O) groups is 1. The van der Waals surface area contributed by atoms with Gasteiger partial charge >= 0.3 is 0 Å². The number of hydrogen-bond donors (Lipinski definition) is 1. The van der Waals surface area contributed by atoms with Gasteiger partial charge in [0, 0.05) is 41.8 Å². The standard InChI is InChI=1S/C21H21NO2S/c1-16-19(12-13-23)22(15-17-8-4-2-5-9-17)21(25-16)14-20(24)18-10-6-3-7-11-18/h2-11,14,23H,12-13,15H2,1H3/b21-14+. The maximum atomic E-state index is 12.6. The van der Waals surface area contributed by atoms with Crippen molar-refractivity contribution in [1.29, 1.82) is 0 Å². The first-order valence-electron chi connectivity index (χ1n) is 8.30. The van der Waals surface area contributed by atoms with Gasteiger partial charge in [-0.25, -0.2) is 0 Å². The number of carbonyl (C=O) groups excluding carboxylic acids is 1. The second-order valence-corrected chi connectivity index (χ2v) is 7.10. The number of aliphatic hydroxyl groups is 1. The van der Waals surface area contributed by atoms with E-state index in [0.717, 1.165) is 15.6 Å². The van der Waals surface area contributed by atoms with Crippen LogP contribution in [-0.4, -0.2) is 22.4 Å². The van der Waals surface area contributed by atoms with Crippen LogP contribution in [0, 0.1) is 0 Å². The fourth-order valence-electron chi connectivity index (χ4n) is 2.86. The summed E-state index contributed by atoms with van der Waals surface area (Å²) in [7, 11) is 0. The normalized spacial score (nSPS) is 15.9. The lowest BCUT2D eigenvalue weighted by molar-refractivity contribution is 0.104. The summed E-state index contributed by atoms with van der Waals surface area (Å²) in [6.45, 7) is 2.83. The van der Waals surface area contributed by atoms with E-state index in [0.29, 0.717) is 18.5 Å². The zero-order valence-electron chi connectivity index (χ0n) is 14.2. The summed E-state index contributed by atoms with van der Waals surface area (Å²) >= 11 is 1.60. The molecule has 0 atom stereocenters. The molecule has 1 N–H and O–H groups in total. The van der Waals surface area contributed by atoms with Crippen LogP contribution >= 0.6 is 11.8 Å². The molecule has 0 amide bonds. The molecule has 2 aromatic rings. The molecule has 1 aliphatic rings.